The molecule has 0 bridgehead atoms. The molecule has 3 rings (SSSR count). The van der Waals surface area contributed by atoms with Crippen molar-refractivity contribution in [3.05, 3.63) is 71.3 Å². The van der Waals surface area contributed by atoms with Crippen molar-refractivity contribution in [3.63, 3.8) is 0 Å². The minimum Gasteiger partial charge on any atom is -0.381 e. The Morgan fingerprint density at radius 3 is 2.35 bits per heavy atom. The van der Waals surface area contributed by atoms with Crippen molar-refractivity contribution in [1.82, 2.24) is 5.32 Å². The number of nitrogens with zero attached hydrogens (tertiary/aromatic N) is 1. The van der Waals surface area contributed by atoms with Crippen LogP contribution in [0, 0.1) is 23.7 Å². The first-order valence-electron chi connectivity index (χ1n) is 9.56. The summed E-state index contributed by atoms with van der Waals surface area (Å²) in [5, 5.41) is 13.3. The van der Waals surface area contributed by atoms with Gasteiger partial charge in [0.1, 0.15) is 0 Å². The fourth-order valence-corrected chi connectivity index (χ4v) is 3.69. The summed E-state index contributed by atoms with van der Waals surface area (Å²) < 4.78 is 5.43. The summed E-state index contributed by atoms with van der Waals surface area (Å²) in [6.07, 6.45) is 3.67. The molecule has 1 atom stereocenters. The highest BCUT2D eigenvalue weighted by atomic mass is 16.5. The lowest BCUT2D eigenvalue weighted by Gasteiger charge is -2.31. The Balaban J connectivity index is 1.63. The average molecular weight is 348 g/mol. The molecule has 1 fully saturated rings. The van der Waals surface area contributed by atoms with Crippen molar-refractivity contribution in [2.75, 3.05) is 19.8 Å². The smallest absolute Gasteiger partial charge is 0.0691 e. The lowest BCUT2D eigenvalue weighted by Crippen LogP contribution is -2.30. The van der Waals surface area contributed by atoms with Gasteiger partial charge in [0, 0.05) is 13.2 Å². The van der Waals surface area contributed by atoms with E-state index >= 15 is 0 Å². The lowest BCUT2D eigenvalue weighted by molar-refractivity contribution is 0.0361. The van der Waals surface area contributed by atoms with Crippen LogP contribution in [0.4, 0.5) is 0 Å². The second-order valence-corrected chi connectivity index (χ2v) is 7.32. The van der Waals surface area contributed by atoms with E-state index in [9.17, 15) is 5.26 Å². The van der Waals surface area contributed by atoms with Gasteiger partial charge in [-0.1, -0.05) is 60.2 Å². The highest BCUT2D eigenvalue weighted by Crippen LogP contribution is 2.34. The van der Waals surface area contributed by atoms with E-state index in [4.69, 9.17) is 4.74 Å². The van der Waals surface area contributed by atoms with Crippen molar-refractivity contribution >= 4 is 0 Å². The number of ether oxygens (including phenoxy) is 1. The van der Waals surface area contributed by atoms with E-state index in [1.807, 2.05) is 0 Å². The second-order valence-electron chi connectivity index (χ2n) is 7.32. The Morgan fingerprint density at radius 2 is 1.69 bits per heavy atom. The van der Waals surface area contributed by atoms with Gasteiger partial charge in [-0.2, -0.15) is 5.26 Å². The normalized spacial score (nSPS) is 17.4. The molecule has 3 nitrogen and oxygen atoms in total. The van der Waals surface area contributed by atoms with E-state index in [-0.39, 0.29) is 11.5 Å². The summed E-state index contributed by atoms with van der Waals surface area (Å²) in [5.41, 5.74) is 3.64. The first kappa shape index (κ1) is 18.6. The van der Waals surface area contributed by atoms with Gasteiger partial charge in [0.25, 0.3) is 0 Å². The first-order valence-corrected chi connectivity index (χ1v) is 9.56. The standard InChI is InChI=1S/C23H28N2O/c1-19-8-10-21(11-9-19)22(20-6-3-2-4-7-20)25-15-5-12-23(18-24)13-16-26-17-14-23/h2-4,6-11,22,25H,5,12-17H2,1H3/t22-/m0/s1. The van der Waals surface area contributed by atoms with Crippen LogP contribution < -0.4 is 5.32 Å². The molecule has 0 saturated carbocycles. The van der Waals surface area contributed by atoms with Crippen molar-refractivity contribution in [2.24, 2.45) is 5.41 Å². The average Bonchev–Trinajstić information content (AvgIpc) is 2.70. The Kier molecular flexibility index (Phi) is 6.44. The summed E-state index contributed by atoms with van der Waals surface area (Å²) in [7, 11) is 0. The van der Waals surface area contributed by atoms with Gasteiger partial charge < -0.3 is 10.1 Å². The van der Waals surface area contributed by atoms with Gasteiger partial charge in [-0.05, 0) is 50.3 Å². The van der Waals surface area contributed by atoms with Crippen LogP contribution >= 0.6 is 0 Å². The number of hydrogen-bond donors (Lipinski definition) is 1. The van der Waals surface area contributed by atoms with Gasteiger partial charge in [0.15, 0.2) is 0 Å². The Bertz CT molecular complexity index is 712. The first-order chi connectivity index (χ1) is 12.7. The van der Waals surface area contributed by atoms with Crippen LogP contribution in [0.3, 0.4) is 0 Å². The maximum absolute atomic E-state index is 9.61. The maximum Gasteiger partial charge on any atom is 0.0691 e. The van der Waals surface area contributed by atoms with Gasteiger partial charge >= 0.3 is 0 Å². The van der Waals surface area contributed by atoms with Gasteiger partial charge in [-0.3, -0.25) is 0 Å². The van der Waals surface area contributed by atoms with Crippen LogP contribution in [-0.2, 0) is 4.74 Å². The predicted octanol–water partition coefficient (Wildman–Crippen LogP) is 4.77. The summed E-state index contributed by atoms with van der Waals surface area (Å²) in [4.78, 5) is 0. The largest absolute Gasteiger partial charge is 0.381 e. The van der Waals surface area contributed by atoms with Crippen molar-refractivity contribution in [3.8, 4) is 6.07 Å². The van der Waals surface area contributed by atoms with Gasteiger partial charge in [0.2, 0.25) is 0 Å². The molecule has 0 spiro atoms. The molecule has 136 valence electrons. The number of rotatable bonds is 7. The number of hydrogen-bond acceptors (Lipinski definition) is 3. The number of benzene rings is 2. The molecule has 0 aliphatic carbocycles. The van der Waals surface area contributed by atoms with Crippen LogP contribution in [0.5, 0.6) is 0 Å². The molecule has 2 aromatic rings. The summed E-state index contributed by atoms with van der Waals surface area (Å²) >= 11 is 0. The van der Waals surface area contributed by atoms with Crippen LogP contribution in [-0.4, -0.2) is 19.8 Å². The molecule has 1 aliphatic rings. The zero-order valence-electron chi connectivity index (χ0n) is 15.6. The molecular weight excluding hydrogens is 320 g/mol. The van der Waals surface area contributed by atoms with Crippen LogP contribution in [0.15, 0.2) is 54.6 Å². The summed E-state index contributed by atoms with van der Waals surface area (Å²) in [6, 6.07) is 22.1. The minimum absolute atomic E-state index is 0.185. The molecule has 26 heavy (non-hydrogen) atoms. The fourth-order valence-electron chi connectivity index (χ4n) is 3.69. The van der Waals surface area contributed by atoms with Crippen molar-refractivity contribution in [2.45, 2.75) is 38.6 Å². The molecule has 0 radical (unpaired) electrons. The zero-order valence-corrected chi connectivity index (χ0v) is 15.6. The topological polar surface area (TPSA) is 45.0 Å². The van der Waals surface area contributed by atoms with Crippen LogP contribution in [0.25, 0.3) is 0 Å². The third-order valence-corrected chi connectivity index (χ3v) is 5.41. The second kappa shape index (κ2) is 8.98. The number of nitriles is 1. The van der Waals surface area contributed by atoms with Crippen LogP contribution in [0.1, 0.15) is 48.4 Å². The van der Waals surface area contributed by atoms with Crippen molar-refractivity contribution in [1.29, 1.82) is 5.26 Å². The fraction of sp³-hybridized carbons (Fsp3) is 0.435. The molecule has 0 unspecified atom stereocenters. The molecule has 1 heterocycles. The molecule has 1 aliphatic heterocycles. The van der Waals surface area contributed by atoms with E-state index in [1.54, 1.807) is 0 Å². The van der Waals surface area contributed by atoms with Gasteiger partial charge in [0.05, 0.1) is 17.5 Å². The van der Waals surface area contributed by atoms with Gasteiger partial charge in [-0.15, -0.1) is 0 Å². The van der Waals surface area contributed by atoms with E-state index in [1.165, 1.54) is 16.7 Å². The monoisotopic (exact) mass is 348 g/mol. The summed E-state index contributed by atoms with van der Waals surface area (Å²) in [5.74, 6) is 0. The Labute approximate surface area is 157 Å². The molecule has 0 amide bonds. The maximum atomic E-state index is 9.61. The Morgan fingerprint density at radius 1 is 1.04 bits per heavy atom. The van der Waals surface area contributed by atoms with Crippen molar-refractivity contribution < 1.29 is 4.74 Å². The van der Waals surface area contributed by atoms with E-state index < -0.39 is 0 Å². The molecular formula is C23H28N2O. The predicted molar refractivity (Wildman–Crippen MR) is 105 cm³/mol. The molecule has 1 N–H and O–H groups in total. The Hall–Kier alpha value is -2.15. The highest BCUT2D eigenvalue weighted by molar-refractivity contribution is 5.33. The van der Waals surface area contributed by atoms with E-state index in [2.05, 4.69) is 72.9 Å². The highest BCUT2D eigenvalue weighted by Gasteiger charge is 2.32. The SMILES string of the molecule is Cc1ccc([C@@H](NCCCC2(C#N)CCOCC2)c2ccccc2)cc1. The molecule has 1 saturated heterocycles. The summed E-state index contributed by atoms with van der Waals surface area (Å²) in [6.45, 7) is 4.45. The lowest BCUT2D eigenvalue weighted by atomic mass is 9.78. The quantitative estimate of drug-likeness (QED) is 0.733. The molecule has 2 aromatic carbocycles. The van der Waals surface area contributed by atoms with E-state index in [0.717, 1.165) is 45.4 Å². The molecule has 0 aromatic heterocycles. The third kappa shape index (κ3) is 4.72. The third-order valence-electron chi connectivity index (χ3n) is 5.41. The van der Waals surface area contributed by atoms with Gasteiger partial charge in [-0.25, -0.2) is 0 Å². The van der Waals surface area contributed by atoms with Crippen LogP contribution in [0.2, 0.25) is 0 Å². The number of aryl methyl sites for hydroxylation is 1. The number of nitrogens with one attached hydrogen (secondary N) is 1. The van der Waals surface area contributed by atoms with E-state index in [0.29, 0.717) is 0 Å². The molecule has 3 heteroatoms. The minimum atomic E-state index is -0.188. The zero-order chi connectivity index (χ0) is 18.2.